The average molecular weight is 338 g/mol. The molecule has 2 nitrogen and oxygen atoms in total. The third-order valence-corrected chi connectivity index (χ3v) is 5.64. The zero-order chi connectivity index (χ0) is 14.0. The van der Waals surface area contributed by atoms with Crippen LogP contribution in [0, 0.1) is 5.41 Å². The first-order valence-electron chi connectivity index (χ1n) is 7.88. The van der Waals surface area contributed by atoms with E-state index in [1.54, 1.807) is 0 Å². The SMILES string of the molecule is CCC1(CNC2CCOc3ccc(Br)cc32)CCCC1. The van der Waals surface area contributed by atoms with Crippen molar-refractivity contribution in [1.29, 1.82) is 0 Å². The highest BCUT2D eigenvalue weighted by molar-refractivity contribution is 9.10. The number of rotatable bonds is 4. The van der Waals surface area contributed by atoms with Gasteiger partial charge in [0.1, 0.15) is 5.75 Å². The van der Waals surface area contributed by atoms with Crippen LogP contribution in [0.4, 0.5) is 0 Å². The van der Waals surface area contributed by atoms with Crippen molar-refractivity contribution in [2.75, 3.05) is 13.2 Å². The molecule has 0 saturated heterocycles. The molecule has 2 aliphatic rings. The number of hydrogen-bond acceptors (Lipinski definition) is 2. The van der Waals surface area contributed by atoms with E-state index in [2.05, 4.69) is 46.4 Å². The molecule has 1 aromatic rings. The van der Waals surface area contributed by atoms with Crippen molar-refractivity contribution >= 4 is 15.9 Å². The Hall–Kier alpha value is -0.540. The van der Waals surface area contributed by atoms with E-state index in [0.29, 0.717) is 11.5 Å². The second-order valence-electron chi connectivity index (χ2n) is 6.31. The molecule has 0 radical (unpaired) electrons. The second-order valence-corrected chi connectivity index (χ2v) is 7.23. The molecule has 1 heterocycles. The van der Waals surface area contributed by atoms with Gasteiger partial charge in [-0.15, -0.1) is 0 Å². The van der Waals surface area contributed by atoms with Gasteiger partial charge < -0.3 is 10.1 Å². The molecule has 0 aromatic heterocycles. The van der Waals surface area contributed by atoms with E-state index >= 15 is 0 Å². The Balaban J connectivity index is 1.71. The minimum absolute atomic E-state index is 0.445. The van der Waals surface area contributed by atoms with Gasteiger partial charge in [-0.3, -0.25) is 0 Å². The summed E-state index contributed by atoms with van der Waals surface area (Å²) >= 11 is 3.58. The molecule has 1 aliphatic heterocycles. The van der Waals surface area contributed by atoms with Gasteiger partial charge in [0.25, 0.3) is 0 Å². The van der Waals surface area contributed by atoms with E-state index in [1.165, 1.54) is 37.7 Å². The summed E-state index contributed by atoms with van der Waals surface area (Å²) in [6.07, 6.45) is 7.98. The Kier molecular flexibility index (Phi) is 4.37. The summed E-state index contributed by atoms with van der Waals surface area (Å²) < 4.78 is 6.91. The molecule has 0 spiro atoms. The normalized spacial score (nSPS) is 24.2. The first-order valence-corrected chi connectivity index (χ1v) is 8.67. The van der Waals surface area contributed by atoms with E-state index < -0.39 is 0 Å². The van der Waals surface area contributed by atoms with E-state index in [4.69, 9.17) is 4.74 Å². The maximum Gasteiger partial charge on any atom is 0.124 e. The lowest BCUT2D eigenvalue weighted by molar-refractivity contribution is 0.217. The first-order chi connectivity index (χ1) is 9.72. The predicted molar refractivity (Wildman–Crippen MR) is 86.2 cm³/mol. The van der Waals surface area contributed by atoms with Crippen molar-refractivity contribution in [2.24, 2.45) is 5.41 Å². The molecule has 20 heavy (non-hydrogen) atoms. The zero-order valence-corrected chi connectivity index (χ0v) is 13.8. The average Bonchev–Trinajstić information content (AvgIpc) is 2.94. The van der Waals surface area contributed by atoms with Crippen molar-refractivity contribution < 1.29 is 4.74 Å². The maximum absolute atomic E-state index is 5.77. The van der Waals surface area contributed by atoms with Gasteiger partial charge in [0.05, 0.1) is 6.61 Å². The maximum atomic E-state index is 5.77. The molecule has 1 aliphatic carbocycles. The van der Waals surface area contributed by atoms with Crippen LogP contribution in [0.25, 0.3) is 0 Å². The van der Waals surface area contributed by atoms with Crippen molar-refractivity contribution in [1.82, 2.24) is 5.32 Å². The lowest BCUT2D eigenvalue weighted by Gasteiger charge is -2.33. The van der Waals surface area contributed by atoms with Crippen LogP contribution in [-0.2, 0) is 0 Å². The lowest BCUT2D eigenvalue weighted by atomic mass is 9.83. The molecule has 3 rings (SSSR count). The van der Waals surface area contributed by atoms with Crippen LogP contribution in [0.3, 0.4) is 0 Å². The lowest BCUT2D eigenvalue weighted by Crippen LogP contribution is -2.36. The Labute approximate surface area is 130 Å². The van der Waals surface area contributed by atoms with Crippen LogP contribution in [0.1, 0.15) is 57.1 Å². The fourth-order valence-corrected chi connectivity index (χ4v) is 4.08. The standard InChI is InChI=1S/C17H24BrNO/c1-2-17(8-3-4-9-17)12-19-15-7-10-20-16-6-5-13(18)11-14(15)16/h5-6,11,15,19H,2-4,7-10,12H2,1H3. The number of nitrogens with one attached hydrogen (secondary N) is 1. The second kappa shape index (κ2) is 6.07. The van der Waals surface area contributed by atoms with Crippen LogP contribution in [0.5, 0.6) is 5.75 Å². The molecule has 110 valence electrons. The summed E-state index contributed by atoms with van der Waals surface area (Å²) in [4.78, 5) is 0. The number of ether oxygens (including phenoxy) is 1. The van der Waals surface area contributed by atoms with Gasteiger partial charge in [-0.2, -0.15) is 0 Å². The van der Waals surface area contributed by atoms with E-state index in [0.717, 1.165) is 29.8 Å². The number of benzene rings is 1. The fraction of sp³-hybridized carbons (Fsp3) is 0.647. The van der Waals surface area contributed by atoms with Crippen LogP contribution < -0.4 is 10.1 Å². The van der Waals surface area contributed by atoms with Gasteiger partial charge in [0, 0.05) is 29.0 Å². The molecule has 1 saturated carbocycles. The molecular formula is C17H24BrNO. The van der Waals surface area contributed by atoms with Gasteiger partial charge in [-0.05, 0) is 42.9 Å². The fourth-order valence-electron chi connectivity index (χ4n) is 3.70. The summed E-state index contributed by atoms with van der Waals surface area (Å²) in [5.41, 5.74) is 1.86. The van der Waals surface area contributed by atoms with Crippen molar-refractivity contribution in [3.05, 3.63) is 28.2 Å². The van der Waals surface area contributed by atoms with E-state index in [1.807, 2.05) is 0 Å². The van der Waals surface area contributed by atoms with Gasteiger partial charge in [-0.1, -0.05) is 35.7 Å². The molecule has 1 N–H and O–H groups in total. The molecule has 0 bridgehead atoms. The summed E-state index contributed by atoms with van der Waals surface area (Å²) in [6.45, 7) is 4.33. The summed E-state index contributed by atoms with van der Waals surface area (Å²) in [6, 6.07) is 6.80. The molecule has 1 unspecified atom stereocenters. The molecule has 1 fully saturated rings. The predicted octanol–water partition coefficient (Wildman–Crippen LogP) is 4.83. The monoisotopic (exact) mass is 337 g/mol. The van der Waals surface area contributed by atoms with Crippen LogP contribution >= 0.6 is 15.9 Å². The summed E-state index contributed by atoms with van der Waals surface area (Å²) in [7, 11) is 0. The largest absolute Gasteiger partial charge is 0.493 e. The van der Waals surface area contributed by atoms with E-state index in [-0.39, 0.29) is 0 Å². The minimum atomic E-state index is 0.445. The van der Waals surface area contributed by atoms with Crippen LogP contribution in [-0.4, -0.2) is 13.2 Å². The Morgan fingerprint density at radius 2 is 2.15 bits per heavy atom. The first kappa shape index (κ1) is 14.4. The van der Waals surface area contributed by atoms with Gasteiger partial charge in [-0.25, -0.2) is 0 Å². The Morgan fingerprint density at radius 1 is 1.35 bits per heavy atom. The van der Waals surface area contributed by atoms with E-state index in [9.17, 15) is 0 Å². The number of fused-ring (bicyclic) bond motifs is 1. The summed E-state index contributed by atoms with van der Waals surface area (Å²) in [5, 5.41) is 3.84. The smallest absolute Gasteiger partial charge is 0.124 e. The number of halogens is 1. The number of hydrogen-bond donors (Lipinski definition) is 1. The third kappa shape index (κ3) is 2.89. The van der Waals surface area contributed by atoms with Gasteiger partial charge >= 0.3 is 0 Å². The third-order valence-electron chi connectivity index (χ3n) is 5.15. The van der Waals surface area contributed by atoms with Gasteiger partial charge in [0.2, 0.25) is 0 Å². The highest BCUT2D eigenvalue weighted by atomic mass is 79.9. The van der Waals surface area contributed by atoms with Gasteiger partial charge in [0.15, 0.2) is 0 Å². The molecule has 0 amide bonds. The minimum Gasteiger partial charge on any atom is -0.493 e. The van der Waals surface area contributed by atoms with Crippen LogP contribution in [0.2, 0.25) is 0 Å². The van der Waals surface area contributed by atoms with Crippen molar-refractivity contribution in [2.45, 2.75) is 51.5 Å². The summed E-state index contributed by atoms with van der Waals surface area (Å²) in [5.74, 6) is 1.05. The highest BCUT2D eigenvalue weighted by Crippen LogP contribution is 2.41. The van der Waals surface area contributed by atoms with Crippen LogP contribution in [0.15, 0.2) is 22.7 Å². The van der Waals surface area contributed by atoms with Crippen molar-refractivity contribution in [3.63, 3.8) is 0 Å². The quantitative estimate of drug-likeness (QED) is 0.849. The topological polar surface area (TPSA) is 21.3 Å². The van der Waals surface area contributed by atoms with Crippen molar-refractivity contribution in [3.8, 4) is 5.75 Å². The molecule has 3 heteroatoms. The molecule has 1 aromatic carbocycles. The Morgan fingerprint density at radius 3 is 2.90 bits per heavy atom. The molecular weight excluding hydrogens is 314 g/mol. The highest BCUT2D eigenvalue weighted by Gasteiger charge is 2.33. The molecule has 1 atom stereocenters. The Bertz CT molecular complexity index is 468. The zero-order valence-electron chi connectivity index (χ0n) is 12.3.